The fourth-order valence-corrected chi connectivity index (χ4v) is 5.33. The number of nitriles is 1. The summed E-state index contributed by atoms with van der Waals surface area (Å²) >= 11 is 12.8. The van der Waals surface area contributed by atoms with E-state index in [1.165, 1.54) is 16.2 Å². The van der Waals surface area contributed by atoms with Gasteiger partial charge >= 0.3 is 0 Å². The molecule has 0 unspecified atom stereocenters. The number of fused-ring (bicyclic) bond motifs is 1. The summed E-state index contributed by atoms with van der Waals surface area (Å²) in [4.78, 5) is 13.8. The number of benzene rings is 1. The first-order chi connectivity index (χ1) is 14.4. The van der Waals surface area contributed by atoms with Crippen LogP contribution in [-0.2, 0) is 12.8 Å². The van der Waals surface area contributed by atoms with Crippen LogP contribution in [0, 0.1) is 17.2 Å². The minimum Gasteiger partial charge on any atom is -0.451 e. The normalized spacial score (nSPS) is 15.2. The molecule has 30 heavy (non-hydrogen) atoms. The molecule has 0 aliphatic heterocycles. The minimum atomic E-state index is -0.464. The zero-order valence-corrected chi connectivity index (χ0v) is 18.5. The maximum Gasteiger partial charge on any atom is 0.293 e. The fourth-order valence-electron chi connectivity index (χ4n) is 3.51. The number of carbonyl (C=O) groups excluding carboxylic acids is 1. The highest BCUT2D eigenvalue weighted by atomic mass is 35.5. The van der Waals surface area contributed by atoms with Crippen molar-refractivity contribution in [1.29, 1.82) is 5.26 Å². The van der Waals surface area contributed by atoms with Gasteiger partial charge in [-0.05, 0) is 67.2 Å². The van der Waals surface area contributed by atoms with Crippen molar-refractivity contribution in [2.45, 2.75) is 26.2 Å². The Hall–Kier alpha value is -2.66. The van der Waals surface area contributed by atoms with Crippen molar-refractivity contribution in [3.63, 3.8) is 0 Å². The smallest absolute Gasteiger partial charge is 0.293 e. The standard InChI is InChI=1S/C22H18ClN3O2S2/c1-12-5-6-15-16(11-24)21(30-19(15)9-12)26-22(29)25-20(27)18-8-7-17(28-18)13-3-2-4-14(23)10-13/h2-4,7-8,10,12H,5-6,9H2,1H3,(H2,25,26,27,29)/t12-/m0/s1. The lowest BCUT2D eigenvalue weighted by Gasteiger charge is -2.17. The Bertz CT molecular complexity index is 1180. The Balaban J connectivity index is 1.45. The molecule has 0 fully saturated rings. The van der Waals surface area contributed by atoms with Crippen LogP contribution in [0.15, 0.2) is 40.8 Å². The van der Waals surface area contributed by atoms with Crippen molar-refractivity contribution in [2.24, 2.45) is 5.92 Å². The molecule has 1 aromatic carbocycles. The summed E-state index contributed by atoms with van der Waals surface area (Å²) in [5.74, 6) is 0.811. The second kappa shape index (κ2) is 8.60. The monoisotopic (exact) mass is 455 g/mol. The van der Waals surface area contributed by atoms with Crippen molar-refractivity contribution < 1.29 is 9.21 Å². The predicted molar refractivity (Wildman–Crippen MR) is 123 cm³/mol. The first-order valence-electron chi connectivity index (χ1n) is 9.47. The third kappa shape index (κ3) is 4.26. The largest absolute Gasteiger partial charge is 0.451 e. The van der Waals surface area contributed by atoms with Gasteiger partial charge in [0.25, 0.3) is 5.91 Å². The van der Waals surface area contributed by atoms with Gasteiger partial charge in [0, 0.05) is 15.5 Å². The van der Waals surface area contributed by atoms with Gasteiger partial charge in [-0.1, -0.05) is 30.7 Å². The minimum absolute atomic E-state index is 0.129. The van der Waals surface area contributed by atoms with Crippen LogP contribution in [-0.4, -0.2) is 11.0 Å². The Labute approximate surface area is 188 Å². The van der Waals surface area contributed by atoms with Crippen LogP contribution < -0.4 is 10.6 Å². The number of thiocarbonyl (C=S) groups is 1. The van der Waals surface area contributed by atoms with E-state index in [0.29, 0.717) is 27.3 Å². The average molecular weight is 456 g/mol. The van der Waals surface area contributed by atoms with E-state index in [1.54, 1.807) is 24.3 Å². The van der Waals surface area contributed by atoms with Crippen molar-refractivity contribution >= 4 is 51.2 Å². The lowest BCUT2D eigenvalue weighted by atomic mass is 9.89. The van der Waals surface area contributed by atoms with E-state index >= 15 is 0 Å². The summed E-state index contributed by atoms with van der Waals surface area (Å²) in [6.45, 7) is 2.22. The molecule has 0 saturated carbocycles. The van der Waals surface area contributed by atoms with Crippen LogP contribution >= 0.6 is 35.2 Å². The highest BCUT2D eigenvalue weighted by Crippen LogP contribution is 2.39. The van der Waals surface area contributed by atoms with Gasteiger partial charge in [0.1, 0.15) is 16.8 Å². The average Bonchev–Trinajstić information content (AvgIpc) is 3.32. The molecule has 152 valence electrons. The molecule has 1 amide bonds. The van der Waals surface area contributed by atoms with E-state index < -0.39 is 5.91 Å². The number of thiophene rings is 1. The summed E-state index contributed by atoms with van der Waals surface area (Å²) < 4.78 is 5.65. The van der Waals surface area contributed by atoms with E-state index in [-0.39, 0.29) is 10.9 Å². The number of amides is 1. The first-order valence-corrected chi connectivity index (χ1v) is 11.1. The number of halogens is 1. The van der Waals surface area contributed by atoms with Gasteiger partial charge in [0.05, 0.1) is 5.56 Å². The maximum atomic E-state index is 12.5. The van der Waals surface area contributed by atoms with Crippen LogP contribution in [0.4, 0.5) is 5.00 Å². The Morgan fingerprint density at radius 2 is 2.20 bits per heavy atom. The topological polar surface area (TPSA) is 78.1 Å². The molecule has 1 atom stereocenters. The highest BCUT2D eigenvalue weighted by Gasteiger charge is 2.24. The molecule has 8 heteroatoms. The van der Waals surface area contributed by atoms with Crippen molar-refractivity contribution in [1.82, 2.24) is 5.32 Å². The van der Waals surface area contributed by atoms with E-state index in [1.807, 2.05) is 12.1 Å². The number of hydrogen-bond donors (Lipinski definition) is 2. The van der Waals surface area contributed by atoms with Crippen molar-refractivity contribution in [3.05, 3.63) is 63.2 Å². The second-order valence-corrected chi connectivity index (χ2v) is 9.20. The van der Waals surface area contributed by atoms with Gasteiger partial charge in [0.2, 0.25) is 0 Å². The van der Waals surface area contributed by atoms with Gasteiger partial charge in [-0.3, -0.25) is 10.1 Å². The van der Waals surface area contributed by atoms with Crippen LogP contribution in [0.1, 0.15) is 39.9 Å². The van der Waals surface area contributed by atoms with E-state index in [2.05, 4.69) is 23.6 Å². The molecule has 4 rings (SSSR count). The number of nitrogens with zero attached hydrogens (tertiary/aromatic N) is 1. The molecule has 0 spiro atoms. The zero-order valence-electron chi connectivity index (χ0n) is 16.1. The SMILES string of the molecule is C[C@H]1CCc2c(sc(NC(=S)NC(=O)c3ccc(-c4cccc(Cl)c4)o3)c2C#N)C1. The number of carbonyl (C=O) groups is 1. The third-order valence-electron chi connectivity index (χ3n) is 5.02. The molecule has 3 aromatic rings. The van der Waals surface area contributed by atoms with E-state index in [0.717, 1.165) is 30.4 Å². The van der Waals surface area contributed by atoms with Crippen LogP contribution in [0.2, 0.25) is 5.02 Å². The number of furan rings is 1. The molecule has 0 saturated heterocycles. The molecule has 1 aliphatic carbocycles. The third-order valence-corrected chi connectivity index (χ3v) is 6.63. The molecular formula is C22H18ClN3O2S2. The molecule has 5 nitrogen and oxygen atoms in total. The number of hydrogen-bond acceptors (Lipinski definition) is 5. The van der Waals surface area contributed by atoms with E-state index in [9.17, 15) is 10.1 Å². The lowest BCUT2D eigenvalue weighted by molar-refractivity contribution is 0.0951. The summed E-state index contributed by atoms with van der Waals surface area (Å²) in [7, 11) is 0. The maximum absolute atomic E-state index is 12.5. The summed E-state index contributed by atoms with van der Waals surface area (Å²) in [6.07, 6.45) is 2.94. The van der Waals surface area contributed by atoms with Crippen LogP contribution in [0.25, 0.3) is 11.3 Å². The number of nitrogens with one attached hydrogen (secondary N) is 2. The molecule has 0 radical (unpaired) electrons. The van der Waals surface area contributed by atoms with E-state index in [4.69, 9.17) is 28.2 Å². The highest BCUT2D eigenvalue weighted by molar-refractivity contribution is 7.80. The Morgan fingerprint density at radius 1 is 1.37 bits per heavy atom. The van der Waals surface area contributed by atoms with Gasteiger partial charge in [-0.25, -0.2) is 0 Å². The Morgan fingerprint density at radius 3 is 2.97 bits per heavy atom. The number of rotatable bonds is 3. The first kappa shape index (κ1) is 20.6. The van der Waals surface area contributed by atoms with Gasteiger partial charge in [0.15, 0.2) is 10.9 Å². The number of anilines is 1. The second-order valence-electron chi connectivity index (χ2n) is 7.25. The molecule has 2 aromatic heterocycles. The fraction of sp³-hybridized carbons (Fsp3) is 0.227. The van der Waals surface area contributed by atoms with Gasteiger partial charge < -0.3 is 9.73 Å². The van der Waals surface area contributed by atoms with Crippen LogP contribution in [0.5, 0.6) is 0 Å². The lowest BCUT2D eigenvalue weighted by Crippen LogP contribution is -2.33. The van der Waals surface area contributed by atoms with Gasteiger partial charge in [-0.2, -0.15) is 5.26 Å². The van der Waals surface area contributed by atoms with Crippen molar-refractivity contribution in [2.75, 3.05) is 5.32 Å². The molecule has 2 N–H and O–H groups in total. The predicted octanol–water partition coefficient (Wildman–Crippen LogP) is 5.78. The Kier molecular flexibility index (Phi) is 5.91. The van der Waals surface area contributed by atoms with Crippen LogP contribution in [0.3, 0.4) is 0 Å². The molecule has 0 bridgehead atoms. The summed E-state index contributed by atoms with van der Waals surface area (Å²) in [5.41, 5.74) is 2.51. The molecule has 1 aliphatic rings. The van der Waals surface area contributed by atoms with Crippen molar-refractivity contribution in [3.8, 4) is 17.4 Å². The van der Waals surface area contributed by atoms with Gasteiger partial charge in [-0.15, -0.1) is 11.3 Å². The molecular weight excluding hydrogens is 438 g/mol. The quantitative estimate of drug-likeness (QED) is 0.489. The summed E-state index contributed by atoms with van der Waals surface area (Å²) in [6, 6.07) is 12.8. The zero-order chi connectivity index (χ0) is 21.3. The molecule has 2 heterocycles. The summed E-state index contributed by atoms with van der Waals surface area (Å²) in [5, 5.41) is 16.6.